The van der Waals surface area contributed by atoms with Crippen LogP contribution in [-0.4, -0.2) is 42.4 Å². The fraction of sp³-hybridized carbons (Fsp3) is 0.609. The average molecular weight is 426 g/mol. The highest BCUT2D eigenvalue weighted by molar-refractivity contribution is 6.68. The first-order chi connectivity index (χ1) is 14.2. The Balaban J connectivity index is 1.84. The van der Waals surface area contributed by atoms with Crippen LogP contribution in [0.2, 0.25) is 0 Å². The van der Waals surface area contributed by atoms with E-state index in [1.54, 1.807) is 19.3 Å². The van der Waals surface area contributed by atoms with Crippen molar-refractivity contribution in [3.05, 3.63) is 35.6 Å². The summed E-state index contributed by atoms with van der Waals surface area (Å²) in [5, 5.41) is 0.835. The zero-order chi connectivity index (χ0) is 23.0. The van der Waals surface area contributed by atoms with E-state index in [1.165, 1.54) is 0 Å². The SMILES string of the molecule is CC(=O)c1ccc2occ(C(B3OC(C)(C)C(C)(C)O3)B3OC(C)(C)C(C)(C)O3)c2c1. The number of hydrogen-bond acceptors (Lipinski definition) is 6. The zero-order valence-electron chi connectivity index (χ0n) is 20.0. The van der Waals surface area contributed by atoms with Crippen LogP contribution < -0.4 is 0 Å². The van der Waals surface area contributed by atoms with Crippen molar-refractivity contribution in [1.82, 2.24) is 0 Å². The van der Waals surface area contributed by atoms with Gasteiger partial charge in [-0.3, -0.25) is 4.79 Å². The van der Waals surface area contributed by atoms with Crippen molar-refractivity contribution in [3.63, 3.8) is 0 Å². The number of furan rings is 1. The van der Waals surface area contributed by atoms with Gasteiger partial charge in [-0.2, -0.15) is 0 Å². The molecule has 166 valence electrons. The number of ketones is 1. The van der Waals surface area contributed by atoms with Crippen molar-refractivity contribution < 1.29 is 27.8 Å². The summed E-state index contributed by atoms with van der Waals surface area (Å²) in [6.45, 7) is 17.7. The van der Waals surface area contributed by atoms with Crippen LogP contribution in [0.5, 0.6) is 0 Å². The average Bonchev–Trinajstić information content (AvgIpc) is 3.18. The lowest BCUT2D eigenvalue weighted by Gasteiger charge is -2.32. The molecule has 0 N–H and O–H groups in total. The molecule has 2 aromatic rings. The second kappa shape index (κ2) is 6.95. The van der Waals surface area contributed by atoms with Crippen molar-refractivity contribution in [1.29, 1.82) is 0 Å². The molecule has 4 rings (SSSR count). The number of fused-ring (bicyclic) bond motifs is 1. The molecule has 2 aliphatic heterocycles. The molecular weight excluding hydrogens is 394 g/mol. The molecule has 0 saturated carbocycles. The van der Waals surface area contributed by atoms with Gasteiger partial charge in [0.05, 0.1) is 34.4 Å². The van der Waals surface area contributed by atoms with Crippen molar-refractivity contribution >= 4 is 31.0 Å². The Morgan fingerprint density at radius 3 is 1.68 bits per heavy atom. The topological polar surface area (TPSA) is 67.1 Å². The Kier molecular flexibility index (Phi) is 5.06. The van der Waals surface area contributed by atoms with E-state index in [2.05, 4.69) is 0 Å². The first kappa shape index (κ1) is 22.6. The zero-order valence-corrected chi connectivity index (χ0v) is 20.0. The standard InChI is InChI=1S/C23H32B2O6/c1-14(26)15-10-11-18-16(12-15)17(13-27-18)19(24-28-20(2,3)21(4,5)29-24)25-30-22(6,7)23(8,9)31-25/h10-13,19H,1-9H3. The summed E-state index contributed by atoms with van der Waals surface area (Å²) in [6, 6.07) is 5.46. The molecule has 0 bridgehead atoms. The largest absolute Gasteiger partial charge is 0.464 e. The fourth-order valence-electron chi connectivity index (χ4n) is 4.02. The van der Waals surface area contributed by atoms with E-state index in [9.17, 15) is 4.79 Å². The molecule has 2 fully saturated rings. The maximum Gasteiger partial charge on any atom is 0.463 e. The van der Waals surface area contributed by atoms with E-state index in [1.807, 2.05) is 67.5 Å². The van der Waals surface area contributed by atoms with Crippen molar-refractivity contribution in [3.8, 4) is 0 Å². The Bertz CT molecular complexity index is 954. The van der Waals surface area contributed by atoms with Crippen molar-refractivity contribution in [2.75, 3.05) is 0 Å². The second-order valence-electron chi connectivity index (χ2n) is 10.7. The Labute approximate surface area is 185 Å². The number of hydrogen-bond donors (Lipinski definition) is 0. The van der Waals surface area contributed by atoms with E-state index in [0.29, 0.717) is 11.1 Å². The summed E-state index contributed by atoms with van der Waals surface area (Å²) in [4.78, 5) is 12.0. The van der Waals surface area contributed by atoms with Crippen LogP contribution in [-0.2, 0) is 18.6 Å². The molecule has 0 unspecified atom stereocenters. The summed E-state index contributed by atoms with van der Waals surface area (Å²) in [5.74, 6) is -0.00290. The molecule has 0 radical (unpaired) electrons. The fourth-order valence-corrected chi connectivity index (χ4v) is 4.02. The molecule has 6 nitrogen and oxygen atoms in total. The third-order valence-electron chi connectivity index (χ3n) is 7.50. The molecule has 31 heavy (non-hydrogen) atoms. The molecule has 1 aromatic heterocycles. The summed E-state index contributed by atoms with van der Waals surface area (Å²) >= 11 is 0. The maximum absolute atomic E-state index is 12.0. The lowest BCUT2D eigenvalue weighted by molar-refractivity contribution is 0.00578. The Morgan fingerprint density at radius 1 is 0.806 bits per heavy atom. The normalized spacial score (nSPS) is 23.8. The molecule has 3 heterocycles. The molecule has 1 aromatic carbocycles. The summed E-state index contributed by atoms with van der Waals surface area (Å²) < 4.78 is 31.6. The first-order valence-corrected chi connectivity index (χ1v) is 10.9. The third-order valence-corrected chi connectivity index (χ3v) is 7.50. The van der Waals surface area contributed by atoms with Gasteiger partial charge in [0, 0.05) is 10.9 Å². The molecule has 0 aliphatic carbocycles. The van der Waals surface area contributed by atoms with Crippen LogP contribution in [0, 0.1) is 0 Å². The quantitative estimate of drug-likeness (QED) is 0.508. The van der Waals surface area contributed by atoms with Gasteiger partial charge < -0.3 is 23.0 Å². The highest BCUT2D eigenvalue weighted by atomic mass is 16.7. The number of benzene rings is 1. The predicted octanol–water partition coefficient (Wildman–Crippen LogP) is 4.98. The van der Waals surface area contributed by atoms with Crippen LogP contribution in [0.15, 0.2) is 28.9 Å². The Morgan fingerprint density at radius 2 is 1.26 bits per heavy atom. The molecule has 2 saturated heterocycles. The van der Waals surface area contributed by atoms with Crippen LogP contribution in [0.4, 0.5) is 0 Å². The number of carbonyl (C=O) groups is 1. The van der Waals surface area contributed by atoms with E-state index in [4.69, 9.17) is 23.0 Å². The highest BCUT2D eigenvalue weighted by Gasteiger charge is 2.62. The monoisotopic (exact) mass is 426 g/mol. The minimum Gasteiger partial charge on any atom is -0.464 e. The molecule has 8 heteroatoms. The summed E-state index contributed by atoms with van der Waals surface area (Å²) in [6.07, 6.45) is 1.70. The van der Waals surface area contributed by atoms with Gasteiger partial charge >= 0.3 is 14.2 Å². The second-order valence-corrected chi connectivity index (χ2v) is 10.7. The van der Waals surface area contributed by atoms with Gasteiger partial charge in [-0.05, 0) is 86.1 Å². The van der Waals surface area contributed by atoms with Gasteiger partial charge in [-0.1, -0.05) is 0 Å². The van der Waals surface area contributed by atoms with Crippen LogP contribution in [0.1, 0.15) is 84.0 Å². The molecular formula is C23H32B2O6. The van der Waals surface area contributed by atoms with Crippen molar-refractivity contribution in [2.24, 2.45) is 0 Å². The van der Waals surface area contributed by atoms with Crippen LogP contribution in [0.3, 0.4) is 0 Å². The summed E-state index contributed by atoms with van der Waals surface area (Å²) in [5.41, 5.74) is -0.295. The van der Waals surface area contributed by atoms with E-state index < -0.39 is 42.4 Å². The van der Waals surface area contributed by atoms with E-state index in [0.717, 1.165) is 10.9 Å². The van der Waals surface area contributed by atoms with Gasteiger partial charge in [-0.15, -0.1) is 0 Å². The van der Waals surface area contributed by atoms with Gasteiger partial charge in [0.2, 0.25) is 0 Å². The number of carbonyl (C=O) groups excluding carboxylic acids is 1. The Hall–Kier alpha value is -1.60. The minimum atomic E-state index is -0.610. The highest BCUT2D eigenvalue weighted by Crippen LogP contribution is 2.47. The molecule has 0 spiro atoms. The number of rotatable bonds is 4. The lowest BCUT2D eigenvalue weighted by Crippen LogP contribution is -2.41. The van der Waals surface area contributed by atoms with E-state index >= 15 is 0 Å². The van der Waals surface area contributed by atoms with Crippen LogP contribution >= 0.6 is 0 Å². The van der Waals surface area contributed by atoms with Crippen LogP contribution in [0.25, 0.3) is 11.0 Å². The lowest BCUT2D eigenvalue weighted by atomic mass is 9.49. The molecule has 0 atom stereocenters. The number of Topliss-reactive ketones (excluding diaryl/α,β-unsaturated/α-hetero) is 1. The predicted molar refractivity (Wildman–Crippen MR) is 121 cm³/mol. The first-order valence-electron chi connectivity index (χ1n) is 10.9. The smallest absolute Gasteiger partial charge is 0.463 e. The van der Waals surface area contributed by atoms with Gasteiger partial charge in [0.15, 0.2) is 5.78 Å². The third kappa shape index (κ3) is 3.58. The minimum absolute atomic E-state index is 0.00290. The molecule has 2 aliphatic rings. The molecule has 0 amide bonds. The van der Waals surface area contributed by atoms with Gasteiger partial charge in [0.25, 0.3) is 0 Å². The summed E-state index contributed by atoms with van der Waals surface area (Å²) in [7, 11) is -1.22. The van der Waals surface area contributed by atoms with Crippen molar-refractivity contribution in [2.45, 2.75) is 90.4 Å². The maximum atomic E-state index is 12.0. The van der Waals surface area contributed by atoms with Gasteiger partial charge in [0.1, 0.15) is 5.58 Å². The van der Waals surface area contributed by atoms with E-state index in [-0.39, 0.29) is 5.78 Å². The van der Waals surface area contributed by atoms with Gasteiger partial charge in [-0.25, -0.2) is 0 Å².